The van der Waals surface area contributed by atoms with Crippen molar-refractivity contribution >= 4 is 11.6 Å². The first-order valence-electron chi connectivity index (χ1n) is 13.5. The molecule has 0 saturated heterocycles. The van der Waals surface area contributed by atoms with Gasteiger partial charge in [-0.2, -0.15) is 8.78 Å². The summed E-state index contributed by atoms with van der Waals surface area (Å²) in [6, 6.07) is 9.41. The van der Waals surface area contributed by atoms with Gasteiger partial charge < -0.3 is 15.2 Å². The molecule has 9 heteroatoms. The quantitative estimate of drug-likeness (QED) is 0.431. The van der Waals surface area contributed by atoms with Crippen molar-refractivity contribution in [1.29, 1.82) is 0 Å². The minimum absolute atomic E-state index is 0.0189. The van der Waals surface area contributed by atoms with Crippen LogP contribution in [-0.2, 0) is 31.4 Å². The average molecular weight is 521 g/mol. The molecule has 0 unspecified atom stereocenters. The van der Waals surface area contributed by atoms with Crippen LogP contribution in [0.15, 0.2) is 36.7 Å². The van der Waals surface area contributed by atoms with E-state index in [2.05, 4.69) is 45.7 Å². The highest BCUT2D eigenvalue weighted by Crippen LogP contribution is 2.51. The third-order valence-corrected chi connectivity index (χ3v) is 8.66. The van der Waals surface area contributed by atoms with E-state index >= 15 is 0 Å². The summed E-state index contributed by atoms with van der Waals surface area (Å²) in [5, 5.41) is 14.8. The van der Waals surface area contributed by atoms with Gasteiger partial charge in [0.2, 0.25) is 0 Å². The maximum Gasteiger partial charge on any atom is 0.290 e. The lowest BCUT2D eigenvalue weighted by Crippen LogP contribution is -2.43. The molecule has 0 spiro atoms. The predicted molar refractivity (Wildman–Crippen MR) is 140 cm³/mol. The molecule has 2 heterocycles. The Bertz CT molecular complexity index is 1390. The third kappa shape index (κ3) is 4.40. The van der Waals surface area contributed by atoms with Crippen LogP contribution in [0.25, 0.3) is 0 Å². The lowest BCUT2D eigenvalue weighted by atomic mass is 9.58. The predicted octanol–water partition coefficient (Wildman–Crippen LogP) is 5.11. The molecule has 2 saturated carbocycles. The minimum Gasteiger partial charge on any atom is -0.321 e. The zero-order chi connectivity index (χ0) is 26.7. The second kappa shape index (κ2) is 8.93. The molecule has 2 N–H and O–H groups in total. The van der Waals surface area contributed by atoms with Gasteiger partial charge in [-0.3, -0.25) is 4.79 Å². The fourth-order valence-corrected chi connectivity index (χ4v) is 6.25. The van der Waals surface area contributed by atoms with Gasteiger partial charge in [-0.15, -0.1) is 10.2 Å². The Hall–Kier alpha value is -3.20. The second-order valence-corrected chi connectivity index (χ2v) is 12.0. The molecule has 38 heavy (non-hydrogen) atoms. The second-order valence-electron chi connectivity index (χ2n) is 12.0. The number of benzene rings is 1. The molecule has 2 fully saturated rings. The maximum absolute atomic E-state index is 14.7. The van der Waals surface area contributed by atoms with E-state index in [1.807, 2.05) is 29.8 Å². The smallest absolute Gasteiger partial charge is 0.290 e. The number of alkyl halides is 2. The van der Waals surface area contributed by atoms with Crippen LogP contribution >= 0.6 is 0 Å². The van der Waals surface area contributed by atoms with E-state index in [1.165, 1.54) is 12.8 Å². The molecule has 6 rings (SSSR count). The molecule has 1 amide bonds. The van der Waals surface area contributed by atoms with E-state index in [0.29, 0.717) is 29.1 Å². The number of aryl methyl sites for hydroxylation is 1. The highest BCUT2D eigenvalue weighted by Gasteiger charge is 2.48. The van der Waals surface area contributed by atoms with Crippen molar-refractivity contribution in [3.63, 3.8) is 0 Å². The van der Waals surface area contributed by atoms with Gasteiger partial charge in [-0.25, -0.2) is 4.98 Å². The van der Waals surface area contributed by atoms with Gasteiger partial charge >= 0.3 is 0 Å². The van der Waals surface area contributed by atoms with Crippen molar-refractivity contribution in [3.05, 3.63) is 70.6 Å². The van der Waals surface area contributed by atoms with Crippen molar-refractivity contribution < 1.29 is 13.6 Å². The van der Waals surface area contributed by atoms with Crippen LogP contribution in [0.3, 0.4) is 0 Å². The maximum atomic E-state index is 14.7. The van der Waals surface area contributed by atoms with Gasteiger partial charge in [0.15, 0.2) is 0 Å². The van der Waals surface area contributed by atoms with Gasteiger partial charge in [0, 0.05) is 32.2 Å². The normalized spacial score (nSPS) is 24.5. The van der Waals surface area contributed by atoms with Gasteiger partial charge in [0.1, 0.15) is 23.5 Å². The first kappa shape index (κ1) is 25.1. The summed E-state index contributed by atoms with van der Waals surface area (Å²) in [5.74, 6) is -2.06. The fraction of sp³-hybridized carbons (Fsp3) is 0.517. The van der Waals surface area contributed by atoms with E-state index in [-0.39, 0.29) is 29.6 Å². The fourth-order valence-electron chi connectivity index (χ4n) is 6.25. The summed E-state index contributed by atoms with van der Waals surface area (Å²) in [7, 11) is 1.94. The number of halogens is 2. The highest BCUT2D eigenvalue weighted by molar-refractivity contribution is 6.03. The summed E-state index contributed by atoms with van der Waals surface area (Å²) in [4.78, 5) is 17.5. The number of nitrogens with one attached hydrogen (secondary N) is 2. The van der Waals surface area contributed by atoms with Crippen LogP contribution in [0.4, 0.5) is 14.5 Å². The molecule has 3 aromatic rings. The molecule has 0 atom stereocenters. The molecule has 200 valence electrons. The number of rotatable bonds is 8. The van der Waals surface area contributed by atoms with Crippen LogP contribution in [-0.4, -0.2) is 32.2 Å². The Morgan fingerprint density at radius 1 is 1.18 bits per heavy atom. The summed E-state index contributed by atoms with van der Waals surface area (Å²) >= 11 is 0. The van der Waals surface area contributed by atoms with E-state index in [0.717, 1.165) is 36.3 Å². The van der Waals surface area contributed by atoms with Crippen molar-refractivity contribution in [2.75, 3.05) is 11.9 Å². The van der Waals surface area contributed by atoms with Crippen LogP contribution < -0.4 is 10.6 Å². The number of carbonyl (C=O) groups excluding carboxylic acids is 1. The molecular weight excluding hydrogens is 486 g/mol. The lowest BCUT2D eigenvalue weighted by molar-refractivity contribution is -0.00602. The molecule has 7 nitrogen and oxygen atoms in total. The lowest BCUT2D eigenvalue weighted by Gasteiger charge is -2.46. The van der Waals surface area contributed by atoms with Crippen LogP contribution in [0, 0.1) is 11.3 Å². The van der Waals surface area contributed by atoms with E-state index in [4.69, 9.17) is 0 Å². The molecule has 1 aromatic carbocycles. The summed E-state index contributed by atoms with van der Waals surface area (Å²) in [6.07, 6.45) is 5.94. The standard InChI is InChI=1S/C29H34F2N6O/c1-18-13-28(14-18,26-36-33-17-37(26)3)20-5-4-6-21(12-20)34-25(38)23-11-19(15-32-16-27(2)9-10-27)22-7-8-29(30,31)24(22)35-23/h4-6,11-12,17-18,32H,7-10,13-16H2,1-3H3,(H,34,38). The molecule has 0 radical (unpaired) electrons. The van der Waals surface area contributed by atoms with Gasteiger partial charge in [-0.1, -0.05) is 26.0 Å². The Morgan fingerprint density at radius 3 is 2.66 bits per heavy atom. The monoisotopic (exact) mass is 520 g/mol. The minimum atomic E-state index is -3.02. The number of hydrogen-bond donors (Lipinski definition) is 2. The number of aromatic nitrogens is 4. The molecule has 2 aromatic heterocycles. The molecule has 0 bridgehead atoms. The van der Waals surface area contributed by atoms with Crippen molar-refractivity contribution in [2.45, 2.75) is 70.3 Å². The topological polar surface area (TPSA) is 84.7 Å². The van der Waals surface area contributed by atoms with Crippen LogP contribution in [0.1, 0.15) is 84.6 Å². The number of carbonyl (C=O) groups is 1. The number of pyridine rings is 1. The van der Waals surface area contributed by atoms with Crippen LogP contribution in [0.2, 0.25) is 0 Å². The summed E-state index contributed by atoms with van der Waals surface area (Å²) in [6.45, 7) is 5.72. The van der Waals surface area contributed by atoms with Crippen molar-refractivity contribution in [2.24, 2.45) is 18.4 Å². The van der Waals surface area contributed by atoms with E-state index in [9.17, 15) is 13.6 Å². The number of fused-ring (bicyclic) bond motifs is 1. The number of nitrogens with zero attached hydrogens (tertiary/aromatic N) is 4. The molecule has 3 aliphatic rings. The van der Waals surface area contributed by atoms with E-state index < -0.39 is 11.8 Å². The first-order valence-corrected chi connectivity index (χ1v) is 13.5. The summed E-state index contributed by atoms with van der Waals surface area (Å²) < 4.78 is 31.4. The Balaban J connectivity index is 1.26. The van der Waals surface area contributed by atoms with Gasteiger partial charge in [-0.05, 0) is 78.3 Å². The molecule has 0 aliphatic heterocycles. The SMILES string of the molecule is CC1CC(c2cccc(NC(=O)c3cc(CNCC4(C)CC4)c4c(n3)C(F)(F)CC4)c2)(c2nncn2C)C1. The van der Waals surface area contributed by atoms with E-state index in [1.54, 1.807) is 12.4 Å². The highest BCUT2D eigenvalue weighted by atomic mass is 19.3. The number of anilines is 1. The van der Waals surface area contributed by atoms with Crippen LogP contribution in [0.5, 0.6) is 0 Å². The third-order valence-electron chi connectivity index (χ3n) is 8.66. The zero-order valence-electron chi connectivity index (χ0n) is 22.2. The Kier molecular flexibility index (Phi) is 5.90. The van der Waals surface area contributed by atoms with Crippen molar-refractivity contribution in [1.82, 2.24) is 25.1 Å². The average Bonchev–Trinajstić information content (AvgIpc) is 3.29. The first-order chi connectivity index (χ1) is 18.1. The largest absolute Gasteiger partial charge is 0.321 e. The van der Waals surface area contributed by atoms with Gasteiger partial charge in [0.25, 0.3) is 11.8 Å². The van der Waals surface area contributed by atoms with Crippen molar-refractivity contribution in [3.8, 4) is 0 Å². The number of amides is 1. The molecule has 3 aliphatic carbocycles. The zero-order valence-corrected chi connectivity index (χ0v) is 22.2. The van der Waals surface area contributed by atoms with Gasteiger partial charge in [0.05, 0.1) is 5.41 Å². The number of hydrogen-bond acceptors (Lipinski definition) is 5. The molecular formula is C29H34F2N6O. The summed E-state index contributed by atoms with van der Waals surface area (Å²) in [5.41, 5.74) is 2.76. The Morgan fingerprint density at radius 2 is 1.97 bits per heavy atom. The Labute approximate surface area is 221 Å².